The number of nitrogens with one attached hydrogen (secondary N) is 1. The average Bonchev–Trinajstić information content (AvgIpc) is 3.10. The molecule has 0 saturated heterocycles. The van der Waals surface area contributed by atoms with E-state index in [9.17, 15) is 13.2 Å². The molecule has 0 aromatic heterocycles. The van der Waals surface area contributed by atoms with Crippen LogP contribution < -0.4 is 5.32 Å². The Morgan fingerprint density at radius 1 is 1.33 bits per heavy atom. The first kappa shape index (κ1) is 13.2. The number of halogens is 3. The standard InChI is InChI=1S/C14H18F3N/c1-3-13(10-5-6-10)18-11-7-4-9(2)12(8-11)14(15,16)17/h4,7-8,10,13,18H,3,5-6H2,1-2H3. The van der Waals surface area contributed by atoms with Crippen LogP contribution in [0.25, 0.3) is 0 Å². The summed E-state index contributed by atoms with van der Waals surface area (Å²) < 4.78 is 38.4. The van der Waals surface area contributed by atoms with Crippen molar-refractivity contribution < 1.29 is 13.2 Å². The van der Waals surface area contributed by atoms with Crippen LogP contribution in [-0.2, 0) is 6.18 Å². The second-order valence-electron chi connectivity index (χ2n) is 5.02. The van der Waals surface area contributed by atoms with Crippen molar-refractivity contribution in [2.24, 2.45) is 5.92 Å². The van der Waals surface area contributed by atoms with Gasteiger partial charge in [-0.15, -0.1) is 0 Å². The van der Waals surface area contributed by atoms with Gasteiger partial charge in [-0.3, -0.25) is 0 Å². The Balaban J connectivity index is 2.18. The van der Waals surface area contributed by atoms with Crippen molar-refractivity contribution in [2.45, 2.75) is 45.3 Å². The van der Waals surface area contributed by atoms with Gasteiger partial charge < -0.3 is 5.32 Å². The van der Waals surface area contributed by atoms with Crippen molar-refractivity contribution in [2.75, 3.05) is 5.32 Å². The van der Waals surface area contributed by atoms with Gasteiger partial charge in [0.05, 0.1) is 5.56 Å². The number of aryl methyl sites for hydroxylation is 1. The highest BCUT2D eigenvalue weighted by atomic mass is 19.4. The molecule has 1 atom stereocenters. The van der Waals surface area contributed by atoms with Gasteiger partial charge in [0.25, 0.3) is 0 Å². The minimum absolute atomic E-state index is 0.271. The maximum Gasteiger partial charge on any atom is 0.416 e. The van der Waals surface area contributed by atoms with Gasteiger partial charge in [0, 0.05) is 11.7 Å². The molecule has 0 spiro atoms. The maximum absolute atomic E-state index is 12.8. The van der Waals surface area contributed by atoms with E-state index in [1.54, 1.807) is 6.07 Å². The normalized spacial score (nSPS) is 17.6. The van der Waals surface area contributed by atoms with E-state index in [0.717, 1.165) is 6.42 Å². The Morgan fingerprint density at radius 2 is 2.00 bits per heavy atom. The Kier molecular flexibility index (Phi) is 3.55. The molecule has 2 rings (SSSR count). The predicted molar refractivity (Wildman–Crippen MR) is 66.6 cm³/mol. The van der Waals surface area contributed by atoms with Crippen molar-refractivity contribution in [1.29, 1.82) is 0 Å². The van der Waals surface area contributed by atoms with Crippen molar-refractivity contribution in [3.63, 3.8) is 0 Å². The third kappa shape index (κ3) is 2.98. The van der Waals surface area contributed by atoms with Crippen molar-refractivity contribution in [3.05, 3.63) is 29.3 Å². The smallest absolute Gasteiger partial charge is 0.382 e. The summed E-state index contributed by atoms with van der Waals surface area (Å²) >= 11 is 0. The van der Waals surface area contributed by atoms with Crippen LogP contribution in [0.15, 0.2) is 18.2 Å². The van der Waals surface area contributed by atoms with Gasteiger partial charge in [-0.2, -0.15) is 13.2 Å². The zero-order chi connectivity index (χ0) is 13.3. The predicted octanol–water partition coefficient (Wildman–Crippen LogP) is 4.61. The summed E-state index contributed by atoms with van der Waals surface area (Å²) in [5, 5.41) is 3.23. The lowest BCUT2D eigenvalue weighted by atomic mass is 10.1. The summed E-state index contributed by atoms with van der Waals surface area (Å²) in [7, 11) is 0. The first-order valence-corrected chi connectivity index (χ1v) is 6.36. The van der Waals surface area contributed by atoms with E-state index in [-0.39, 0.29) is 5.56 Å². The van der Waals surface area contributed by atoms with Crippen LogP contribution in [0.2, 0.25) is 0 Å². The van der Waals surface area contributed by atoms with Gasteiger partial charge >= 0.3 is 6.18 Å². The largest absolute Gasteiger partial charge is 0.416 e. The molecule has 0 radical (unpaired) electrons. The molecule has 0 aliphatic heterocycles. The van der Waals surface area contributed by atoms with Crippen LogP contribution in [0.3, 0.4) is 0 Å². The van der Waals surface area contributed by atoms with Gasteiger partial charge in [-0.25, -0.2) is 0 Å². The van der Waals surface area contributed by atoms with Gasteiger partial charge in [-0.05, 0) is 49.8 Å². The first-order valence-electron chi connectivity index (χ1n) is 6.36. The SMILES string of the molecule is CCC(Nc1ccc(C)c(C(F)(F)F)c1)C1CC1. The van der Waals surface area contributed by atoms with Gasteiger partial charge in [0.1, 0.15) is 0 Å². The van der Waals surface area contributed by atoms with Crippen LogP contribution in [0.4, 0.5) is 18.9 Å². The lowest BCUT2D eigenvalue weighted by Crippen LogP contribution is -2.21. The fourth-order valence-corrected chi connectivity index (χ4v) is 2.28. The van der Waals surface area contributed by atoms with E-state index in [1.807, 2.05) is 0 Å². The minimum atomic E-state index is -4.27. The third-order valence-electron chi connectivity index (χ3n) is 3.53. The monoisotopic (exact) mass is 257 g/mol. The van der Waals surface area contributed by atoms with Crippen molar-refractivity contribution in [3.8, 4) is 0 Å². The van der Waals surface area contributed by atoms with Gasteiger partial charge in [0.2, 0.25) is 0 Å². The molecule has 0 bridgehead atoms. The summed E-state index contributed by atoms with van der Waals surface area (Å²) in [6, 6.07) is 4.79. The molecule has 0 heterocycles. The highest BCUT2D eigenvalue weighted by Gasteiger charge is 2.33. The first-order chi connectivity index (χ1) is 8.41. The minimum Gasteiger partial charge on any atom is -0.382 e. The number of rotatable bonds is 4. The zero-order valence-corrected chi connectivity index (χ0v) is 10.6. The van der Waals surface area contributed by atoms with Crippen LogP contribution in [0.1, 0.15) is 37.3 Å². The van der Waals surface area contributed by atoms with E-state index < -0.39 is 11.7 Å². The van der Waals surface area contributed by atoms with Gasteiger partial charge in [0.15, 0.2) is 0 Å². The zero-order valence-electron chi connectivity index (χ0n) is 10.6. The second-order valence-corrected chi connectivity index (χ2v) is 5.02. The lowest BCUT2D eigenvalue weighted by Gasteiger charge is -2.19. The molecule has 18 heavy (non-hydrogen) atoms. The molecule has 1 aromatic rings. The van der Waals surface area contributed by atoms with Crippen LogP contribution >= 0.6 is 0 Å². The fraction of sp³-hybridized carbons (Fsp3) is 0.571. The van der Waals surface area contributed by atoms with Crippen molar-refractivity contribution in [1.82, 2.24) is 0 Å². The molecule has 1 fully saturated rings. The lowest BCUT2D eigenvalue weighted by molar-refractivity contribution is -0.138. The fourth-order valence-electron chi connectivity index (χ4n) is 2.28. The van der Waals surface area contributed by atoms with E-state index in [4.69, 9.17) is 0 Å². The highest BCUT2D eigenvalue weighted by molar-refractivity contribution is 5.50. The number of hydrogen-bond donors (Lipinski definition) is 1. The number of hydrogen-bond acceptors (Lipinski definition) is 1. The molecule has 1 aromatic carbocycles. The summed E-state index contributed by atoms with van der Waals surface area (Å²) in [4.78, 5) is 0. The molecule has 1 saturated carbocycles. The van der Waals surface area contributed by atoms with Crippen LogP contribution in [0.5, 0.6) is 0 Å². The highest BCUT2D eigenvalue weighted by Crippen LogP contribution is 2.37. The summed E-state index contributed by atoms with van der Waals surface area (Å²) in [5.74, 6) is 0.630. The van der Waals surface area contributed by atoms with Crippen LogP contribution in [-0.4, -0.2) is 6.04 Å². The summed E-state index contributed by atoms with van der Waals surface area (Å²) in [6.07, 6.45) is -0.962. The third-order valence-corrected chi connectivity index (χ3v) is 3.53. The molecule has 1 nitrogen and oxygen atoms in total. The van der Waals surface area contributed by atoms with E-state index in [0.29, 0.717) is 17.6 Å². The molecule has 100 valence electrons. The summed E-state index contributed by atoms with van der Waals surface area (Å²) in [6.45, 7) is 3.56. The second kappa shape index (κ2) is 4.82. The molecule has 4 heteroatoms. The molecule has 0 amide bonds. The molecule has 1 N–H and O–H groups in total. The molecule has 1 unspecified atom stereocenters. The molecular weight excluding hydrogens is 239 g/mol. The Labute approximate surface area is 105 Å². The average molecular weight is 257 g/mol. The van der Waals surface area contributed by atoms with Gasteiger partial charge in [-0.1, -0.05) is 13.0 Å². The topological polar surface area (TPSA) is 12.0 Å². The van der Waals surface area contributed by atoms with E-state index in [1.165, 1.54) is 31.9 Å². The Hall–Kier alpha value is -1.19. The van der Waals surface area contributed by atoms with E-state index in [2.05, 4.69) is 12.2 Å². The quantitative estimate of drug-likeness (QED) is 0.830. The number of anilines is 1. The van der Waals surface area contributed by atoms with Crippen molar-refractivity contribution >= 4 is 5.69 Å². The molecule has 1 aliphatic rings. The maximum atomic E-state index is 12.8. The number of benzene rings is 1. The number of alkyl halides is 3. The summed E-state index contributed by atoms with van der Waals surface area (Å²) in [5.41, 5.74) is 0.303. The van der Waals surface area contributed by atoms with E-state index >= 15 is 0 Å². The Morgan fingerprint density at radius 3 is 2.50 bits per heavy atom. The van der Waals surface area contributed by atoms with Crippen LogP contribution in [0, 0.1) is 12.8 Å². The molecular formula is C14H18F3N. The molecule has 1 aliphatic carbocycles. The Bertz CT molecular complexity index is 422.